The van der Waals surface area contributed by atoms with E-state index >= 15 is 0 Å². The summed E-state index contributed by atoms with van der Waals surface area (Å²) in [6.07, 6.45) is 3.41. The number of hydrogen-bond donors (Lipinski definition) is 0. The Kier molecular flexibility index (Phi) is 11.4. The van der Waals surface area contributed by atoms with Gasteiger partial charge in [0.1, 0.15) is 17.3 Å². The van der Waals surface area contributed by atoms with Crippen LogP contribution in [0.3, 0.4) is 0 Å². The maximum atomic E-state index is 14.2. The zero-order valence-electron chi connectivity index (χ0n) is 23.6. The predicted octanol–water partition coefficient (Wildman–Crippen LogP) is 6.59. The van der Waals surface area contributed by atoms with Gasteiger partial charge in [0.05, 0.1) is 42.7 Å². The van der Waals surface area contributed by atoms with Crippen molar-refractivity contribution in [3.8, 4) is 5.75 Å². The lowest BCUT2D eigenvalue weighted by Gasteiger charge is -2.19. The second-order valence-corrected chi connectivity index (χ2v) is 10.1. The van der Waals surface area contributed by atoms with Gasteiger partial charge in [0, 0.05) is 18.2 Å². The van der Waals surface area contributed by atoms with Crippen molar-refractivity contribution >= 4 is 17.4 Å². The van der Waals surface area contributed by atoms with Gasteiger partial charge in [-0.1, -0.05) is 20.8 Å². The second-order valence-electron chi connectivity index (χ2n) is 10.1. The number of ether oxygens (including phenoxy) is 3. The lowest BCUT2D eigenvalue weighted by molar-refractivity contribution is 0.103. The van der Waals surface area contributed by atoms with Crippen molar-refractivity contribution < 1.29 is 18.6 Å². The van der Waals surface area contributed by atoms with Gasteiger partial charge < -0.3 is 14.2 Å². The average molecular weight is 513 g/mol. The Morgan fingerprint density at radius 3 is 2.38 bits per heavy atom. The molecule has 1 atom stereocenters. The minimum Gasteiger partial charge on any atom is -0.496 e. The molecule has 0 N–H and O–H groups in total. The van der Waals surface area contributed by atoms with Crippen molar-refractivity contribution in [3.05, 3.63) is 69.1 Å². The van der Waals surface area contributed by atoms with Crippen LogP contribution in [0.1, 0.15) is 72.2 Å². The summed E-state index contributed by atoms with van der Waals surface area (Å²) in [5.41, 5.74) is 5.11. The molecular formula is C30H41FN2O4. The van der Waals surface area contributed by atoms with Crippen LogP contribution in [0.15, 0.2) is 40.9 Å². The maximum Gasteiger partial charge on any atom is 0.274 e. The molecule has 0 radical (unpaired) electrons. The average Bonchev–Trinajstić information content (AvgIpc) is 2.82. The van der Waals surface area contributed by atoms with Gasteiger partial charge in [0.2, 0.25) is 0 Å². The lowest BCUT2D eigenvalue weighted by Crippen LogP contribution is -2.30. The summed E-state index contributed by atoms with van der Waals surface area (Å²) >= 11 is 0. The Bertz CT molecular complexity index is 1200. The third kappa shape index (κ3) is 9.03. The number of aromatic nitrogens is 2. The molecule has 2 rings (SSSR count). The summed E-state index contributed by atoms with van der Waals surface area (Å²) in [5, 5.41) is 4.65. The fourth-order valence-electron chi connectivity index (χ4n) is 3.46. The second kappa shape index (κ2) is 14.0. The Hall–Kier alpha value is -3.15. The summed E-state index contributed by atoms with van der Waals surface area (Å²) in [6.45, 7) is 16.7. The van der Waals surface area contributed by atoms with E-state index in [1.165, 1.54) is 23.9 Å². The highest BCUT2D eigenvalue weighted by molar-refractivity contribution is 5.80. The highest BCUT2D eigenvalue weighted by Gasteiger charge is 2.17. The Morgan fingerprint density at radius 2 is 1.78 bits per heavy atom. The molecule has 0 saturated heterocycles. The summed E-state index contributed by atoms with van der Waals surface area (Å²) in [4.78, 5) is 13.4. The Labute approximate surface area is 220 Å². The zero-order chi connectivity index (χ0) is 27.7. The van der Waals surface area contributed by atoms with Crippen LogP contribution in [-0.4, -0.2) is 35.7 Å². The van der Waals surface area contributed by atoms with Crippen molar-refractivity contribution in [3.63, 3.8) is 0 Å². The van der Waals surface area contributed by atoms with Crippen LogP contribution in [0.25, 0.3) is 17.4 Å². The van der Waals surface area contributed by atoms with Crippen molar-refractivity contribution in [1.29, 1.82) is 0 Å². The van der Waals surface area contributed by atoms with E-state index in [0.29, 0.717) is 53.0 Å². The Morgan fingerprint density at radius 1 is 1.08 bits per heavy atom. The van der Waals surface area contributed by atoms with E-state index in [1.807, 2.05) is 34.6 Å². The van der Waals surface area contributed by atoms with Crippen molar-refractivity contribution in [2.24, 2.45) is 11.8 Å². The van der Waals surface area contributed by atoms with Crippen LogP contribution in [0, 0.1) is 17.7 Å². The van der Waals surface area contributed by atoms with Gasteiger partial charge in [-0.3, -0.25) is 4.79 Å². The highest BCUT2D eigenvalue weighted by Crippen LogP contribution is 2.30. The number of hydrogen-bond acceptors (Lipinski definition) is 5. The minimum atomic E-state index is -0.411. The van der Waals surface area contributed by atoms with E-state index in [4.69, 9.17) is 14.2 Å². The largest absolute Gasteiger partial charge is 0.496 e. The molecule has 37 heavy (non-hydrogen) atoms. The van der Waals surface area contributed by atoms with Gasteiger partial charge in [-0.15, -0.1) is 5.73 Å². The van der Waals surface area contributed by atoms with Crippen molar-refractivity contribution in [1.82, 2.24) is 9.78 Å². The van der Waals surface area contributed by atoms with Gasteiger partial charge in [0.15, 0.2) is 0 Å². The van der Waals surface area contributed by atoms with E-state index in [-0.39, 0.29) is 23.7 Å². The standard InChI is InChI=1S/C30H41FN2O4/c1-19(2)23(8)18-33-30(34)26(22(7)11-10-14-36-20(3)4)16-25(32-33)17-29(37-21(5)6)27-15-24(31)12-13-28(27)35-9/h10,12-13,15-17,19-21,23H,14,18H2,1-9H3/b29-17-/t11?,23-/m1/s1. The maximum absolute atomic E-state index is 14.2. The van der Waals surface area contributed by atoms with Crippen molar-refractivity contribution in [2.45, 2.75) is 74.1 Å². The SMILES string of the molecule is COc1ccc(F)cc1/C(=C/c1cc(C(C)=C=CCOC(C)C)c(=O)n(C[C@@H](C)C(C)C)n1)OC(C)C. The number of halogens is 1. The number of rotatable bonds is 12. The van der Waals surface area contributed by atoms with Gasteiger partial charge >= 0.3 is 0 Å². The first-order valence-electron chi connectivity index (χ1n) is 12.8. The Balaban J connectivity index is 2.73. The van der Waals surface area contributed by atoms with Crippen LogP contribution in [0.5, 0.6) is 5.75 Å². The van der Waals surface area contributed by atoms with Gasteiger partial charge in [-0.05, 0) is 76.8 Å². The third-order valence-corrected chi connectivity index (χ3v) is 5.90. The molecule has 1 heterocycles. The molecule has 2 aromatic rings. The fourth-order valence-corrected chi connectivity index (χ4v) is 3.46. The first-order chi connectivity index (χ1) is 17.4. The molecule has 0 bridgehead atoms. The van der Waals surface area contributed by atoms with Crippen molar-refractivity contribution in [2.75, 3.05) is 13.7 Å². The van der Waals surface area contributed by atoms with Gasteiger partial charge in [-0.2, -0.15) is 5.10 Å². The quantitative estimate of drug-likeness (QED) is 0.237. The van der Waals surface area contributed by atoms with Crippen LogP contribution >= 0.6 is 0 Å². The topological polar surface area (TPSA) is 62.6 Å². The normalized spacial score (nSPS) is 12.6. The van der Waals surface area contributed by atoms with Gasteiger partial charge in [0.25, 0.3) is 5.56 Å². The lowest BCUT2D eigenvalue weighted by atomic mass is 9.98. The molecule has 0 aliphatic carbocycles. The highest BCUT2D eigenvalue weighted by atomic mass is 19.1. The molecule has 0 amide bonds. The number of methoxy groups -OCH3 is 1. The monoisotopic (exact) mass is 512 g/mol. The molecule has 0 aliphatic heterocycles. The summed E-state index contributed by atoms with van der Waals surface area (Å²) in [6, 6.07) is 5.98. The molecule has 202 valence electrons. The van der Waals surface area contributed by atoms with E-state index in [2.05, 4.69) is 31.6 Å². The van der Waals surface area contributed by atoms with E-state index < -0.39 is 5.82 Å². The molecule has 0 saturated carbocycles. The minimum absolute atomic E-state index is 0.102. The molecule has 6 nitrogen and oxygen atoms in total. The molecule has 7 heteroatoms. The molecule has 0 unspecified atom stereocenters. The summed E-state index contributed by atoms with van der Waals surface area (Å²) in [5.74, 6) is 1.06. The van der Waals surface area contributed by atoms with Gasteiger partial charge in [-0.25, -0.2) is 9.07 Å². The number of nitrogens with zero attached hydrogens (tertiary/aromatic N) is 2. The predicted molar refractivity (Wildman–Crippen MR) is 148 cm³/mol. The van der Waals surface area contributed by atoms with E-state index in [9.17, 15) is 9.18 Å². The third-order valence-electron chi connectivity index (χ3n) is 5.90. The summed E-state index contributed by atoms with van der Waals surface area (Å²) in [7, 11) is 1.52. The molecule has 1 aromatic carbocycles. The fraction of sp³-hybridized carbons (Fsp3) is 0.500. The first-order valence-corrected chi connectivity index (χ1v) is 12.8. The van der Waals surface area contributed by atoms with Crippen LogP contribution in [0.4, 0.5) is 4.39 Å². The molecule has 1 aromatic heterocycles. The molecule has 0 spiro atoms. The van der Waals surface area contributed by atoms with Crippen LogP contribution < -0.4 is 10.3 Å². The molecule has 0 fully saturated rings. The molecule has 0 aliphatic rings. The zero-order valence-corrected chi connectivity index (χ0v) is 23.6. The first kappa shape index (κ1) is 30.1. The van der Waals surface area contributed by atoms with E-state index in [0.717, 1.165) is 0 Å². The van der Waals surface area contributed by atoms with E-state index in [1.54, 1.807) is 24.3 Å². The molecular weight excluding hydrogens is 471 g/mol. The smallest absolute Gasteiger partial charge is 0.274 e. The summed E-state index contributed by atoms with van der Waals surface area (Å²) < 4.78 is 32.8. The number of benzene rings is 1. The van der Waals surface area contributed by atoms with Crippen LogP contribution in [0.2, 0.25) is 0 Å². The van der Waals surface area contributed by atoms with Crippen LogP contribution in [-0.2, 0) is 16.0 Å².